The predicted octanol–water partition coefficient (Wildman–Crippen LogP) is 1.17. The van der Waals surface area contributed by atoms with Crippen molar-refractivity contribution in [2.45, 2.75) is 26.3 Å². The van der Waals surface area contributed by atoms with Gasteiger partial charge in [0.15, 0.2) is 0 Å². The Hall–Kier alpha value is -2.24. The van der Waals surface area contributed by atoms with E-state index >= 15 is 0 Å². The van der Waals surface area contributed by atoms with Gasteiger partial charge in [0, 0.05) is 12.7 Å². The molecule has 21 heavy (non-hydrogen) atoms. The fraction of sp³-hybridized carbons (Fsp3) is 0.467. The summed E-state index contributed by atoms with van der Waals surface area (Å²) in [6.07, 6.45) is 0.551. The molecular formula is C15H23N3O3. The number of rotatable bonds is 6. The fourth-order valence-electron chi connectivity index (χ4n) is 1.97. The first-order chi connectivity index (χ1) is 9.88. The van der Waals surface area contributed by atoms with Crippen LogP contribution in [-0.2, 0) is 4.79 Å². The molecule has 6 nitrogen and oxygen atoms in total. The van der Waals surface area contributed by atoms with E-state index in [1.807, 2.05) is 13.8 Å². The molecule has 0 fully saturated rings. The lowest BCUT2D eigenvalue weighted by molar-refractivity contribution is -0.122. The van der Waals surface area contributed by atoms with Gasteiger partial charge in [-0.15, -0.1) is 0 Å². The van der Waals surface area contributed by atoms with E-state index in [1.54, 1.807) is 25.2 Å². The number of methoxy groups -OCH3 is 1. The van der Waals surface area contributed by atoms with Gasteiger partial charge in [0.05, 0.1) is 12.7 Å². The van der Waals surface area contributed by atoms with Crippen LogP contribution >= 0.6 is 0 Å². The molecule has 0 aliphatic carbocycles. The normalized spacial score (nSPS) is 11.9. The maximum Gasteiger partial charge on any atom is 0.254 e. The highest BCUT2D eigenvalue weighted by Gasteiger charge is 2.22. The second-order valence-corrected chi connectivity index (χ2v) is 5.22. The fourth-order valence-corrected chi connectivity index (χ4v) is 1.97. The van der Waals surface area contributed by atoms with E-state index in [2.05, 4.69) is 10.6 Å². The van der Waals surface area contributed by atoms with Crippen molar-refractivity contribution in [3.63, 3.8) is 0 Å². The Morgan fingerprint density at radius 3 is 2.52 bits per heavy atom. The van der Waals surface area contributed by atoms with Gasteiger partial charge in [-0.3, -0.25) is 9.59 Å². The largest absolute Gasteiger partial charge is 0.497 e. The summed E-state index contributed by atoms with van der Waals surface area (Å²) in [6, 6.07) is 4.25. The summed E-state index contributed by atoms with van der Waals surface area (Å²) in [5.41, 5.74) is 6.45. The number of ether oxygens (including phenoxy) is 1. The van der Waals surface area contributed by atoms with Gasteiger partial charge in [-0.2, -0.15) is 0 Å². The molecule has 0 aliphatic heterocycles. The average Bonchev–Trinajstić information content (AvgIpc) is 2.45. The lowest BCUT2D eigenvalue weighted by atomic mass is 10.0. The van der Waals surface area contributed by atoms with Crippen molar-refractivity contribution in [3.05, 3.63) is 23.8 Å². The van der Waals surface area contributed by atoms with Crippen LogP contribution in [0.15, 0.2) is 18.2 Å². The van der Waals surface area contributed by atoms with Crippen LogP contribution in [0.3, 0.4) is 0 Å². The molecule has 0 saturated heterocycles. The van der Waals surface area contributed by atoms with Crippen LogP contribution in [0.1, 0.15) is 30.6 Å². The van der Waals surface area contributed by atoms with Crippen molar-refractivity contribution in [2.24, 2.45) is 5.92 Å². The number of hydrogen-bond acceptors (Lipinski definition) is 4. The molecule has 0 heterocycles. The molecular weight excluding hydrogens is 270 g/mol. The third-order valence-corrected chi connectivity index (χ3v) is 3.08. The summed E-state index contributed by atoms with van der Waals surface area (Å²) in [5, 5.41) is 5.28. The van der Waals surface area contributed by atoms with Gasteiger partial charge in [0.1, 0.15) is 11.8 Å². The number of carbonyl (C=O) groups excluding carboxylic acids is 2. The van der Waals surface area contributed by atoms with Gasteiger partial charge < -0.3 is 21.1 Å². The number of hydrogen-bond donors (Lipinski definition) is 3. The third kappa shape index (κ3) is 4.66. The summed E-state index contributed by atoms with van der Waals surface area (Å²) in [6.45, 7) is 3.98. The molecule has 2 amide bonds. The zero-order valence-corrected chi connectivity index (χ0v) is 12.9. The Kier molecular flexibility index (Phi) is 6.02. The number of nitrogens with two attached hydrogens (primary N) is 1. The highest BCUT2D eigenvalue weighted by atomic mass is 16.5. The molecule has 1 aromatic carbocycles. The average molecular weight is 293 g/mol. The second-order valence-electron chi connectivity index (χ2n) is 5.22. The molecule has 4 N–H and O–H groups in total. The number of benzene rings is 1. The quantitative estimate of drug-likeness (QED) is 0.686. The van der Waals surface area contributed by atoms with Crippen molar-refractivity contribution in [2.75, 3.05) is 19.9 Å². The minimum Gasteiger partial charge on any atom is -0.497 e. The minimum absolute atomic E-state index is 0.224. The summed E-state index contributed by atoms with van der Waals surface area (Å²) < 4.78 is 5.08. The van der Waals surface area contributed by atoms with Crippen LogP contribution in [0.2, 0.25) is 0 Å². The zero-order chi connectivity index (χ0) is 16.0. The summed E-state index contributed by atoms with van der Waals surface area (Å²) >= 11 is 0. The number of amides is 2. The number of nitrogen functional groups attached to an aromatic ring is 1. The van der Waals surface area contributed by atoms with E-state index < -0.39 is 6.04 Å². The standard InChI is InChI=1S/C15H23N3O3/c1-9(2)7-13(15(20)17-3)18-14(19)11-8-10(21-4)5-6-12(11)16/h5-6,8-9,13H,7,16H2,1-4H3,(H,17,20)(H,18,19). The Balaban J connectivity index is 2.93. The molecule has 0 spiro atoms. The third-order valence-electron chi connectivity index (χ3n) is 3.08. The smallest absolute Gasteiger partial charge is 0.254 e. The molecule has 0 aliphatic rings. The molecule has 1 aromatic rings. The van der Waals surface area contributed by atoms with Crippen LogP contribution in [0, 0.1) is 5.92 Å². The van der Waals surface area contributed by atoms with Gasteiger partial charge >= 0.3 is 0 Å². The Labute approximate surface area is 125 Å². The monoisotopic (exact) mass is 293 g/mol. The zero-order valence-electron chi connectivity index (χ0n) is 12.9. The van der Waals surface area contributed by atoms with E-state index in [0.29, 0.717) is 23.4 Å². The molecule has 1 unspecified atom stereocenters. The number of anilines is 1. The van der Waals surface area contributed by atoms with Crippen LogP contribution in [0.4, 0.5) is 5.69 Å². The van der Waals surface area contributed by atoms with Crippen LogP contribution in [0.5, 0.6) is 5.75 Å². The molecule has 1 rings (SSSR count). The first-order valence-electron chi connectivity index (χ1n) is 6.85. The molecule has 0 radical (unpaired) electrons. The first kappa shape index (κ1) is 16.8. The van der Waals surface area contributed by atoms with Crippen LogP contribution in [0.25, 0.3) is 0 Å². The topological polar surface area (TPSA) is 93.5 Å². The summed E-state index contributed by atoms with van der Waals surface area (Å²) in [5.74, 6) is 0.198. The highest BCUT2D eigenvalue weighted by Crippen LogP contribution is 2.19. The molecule has 1 atom stereocenters. The van der Waals surface area contributed by atoms with Gasteiger partial charge in [-0.05, 0) is 30.5 Å². The maximum absolute atomic E-state index is 12.3. The predicted molar refractivity (Wildman–Crippen MR) is 82.2 cm³/mol. The number of carbonyl (C=O) groups is 2. The Bertz CT molecular complexity index is 515. The Morgan fingerprint density at radius 1 is 1.33 bits per heavy atom. The maximum atomic E-state index is 12.3. The lowest BCUT2D eigenvalue weighted by Crippen LogP contribution is -2.46. The summed E-state index contributed by atoms with van der Waals surface area (Å²) in [7, 11) is 3.06. The minimum atomic E-state index is -0.590. The van der Waals surface area contributed by atoms with Gasteiger partial charge in [-0.25, -0.2) is 0 Å². The van der Waals surface area contributed by atoms with E-state index in [0.717, 1.165) is 0 Å². The van der Waals surface area contributed by atoms with Crippen molar-refractivity contribution in [3.8, 4) is 5.75 Å². The van der Waals surface area contributed by atoms with Crippen LogP contribution in [-0.4, -0.2) is 32.0 Å². The second kappa shape index (κ2) is 7.52. The Morgan fingerprint density at radius 2 is 2.00 bits per heavy atom. The van der Waals surface area contributed by atoms with E-state index in [-0.39, 0.29) is 17.7 Å². The van der Waals surface area contributed by atoms with Crippen LogP contribution < -0.4 is 21.1 Å². The molecule has 116 valence electrons. The van der Waals surface area contributed by atoms with Crippen molar-refractivity contribution >= 4 is 17.5 Å². The summed E-state index contributed by atoms with van der Waals surface area (Å²) in [4.78, 5) is 24.2. The van der Waals surface area contributed by atoms with Gasteiger partial charge in [0.25, 0.3) is 5.91 Å². The number of likely N-dealkylation sites (N-methyl/N-ethyl adjacent to an activating group) is 1. The van der Waals surface area contributed by atoms with E-state index in [1.165, 1.54) is 7.11 Å². The van der Waals surface area contributed by atoms with Gasteiger partial charge in [-0.1, -0.05) is 13.8 Å². The molecule has 0 aromatic heterocycles. The van der Waals surface area contributed by atoms with E-state index in [4.69, 9.17) is 10.5 Å². The SMILES string of the molecule is CNC(=O)C(CC(C)C)NC(=O)c1cc(OC)ccc1N. The van der Waals surface area contributed by atoms with Crippen molar-refractivity contribution in [1.82, 2.24) is 10.6 Å². The highest BCUT2D eigenvalue weighted by molar-refractivity contribution is 6.01. The molecule has 6 heteroatoms. The van der Waals surface area contributed by atoms with Crippen molar-refractivity contribution in [1.29, 1.82) is 0 Å². The first-order valence-corrected chi connectivity index (χ1v) is 6.85. The van der Waals surface area contributed by atoms with Crippen molar-refractivity contribution < 1.29 is 14.3 Å². The number of nitrogens with one attached hydrogen (secondary N) is 2. The van der Waals surface area contributed by atoms with E-state index in [9.17, 15) is 9.59 Å². The molecule has 0 bridgehead atoms. The molecule has 0 saturated carbocycles. The lowest BCUT2D eigenvalue weighted by Gasteiger charge is -2.19. The van der Waals surface area contributed by atoms with Gasteiger partial charge in [0.2, 0.25) is 5.91 Å².